The number of nitrogens with zero attached hydrogens (tertiary/aromatic N) is 3. The Hall–Kier alpha value is -1.04. The van der Waals surface area contributed by atoms with Gasteiger partial charge in [0.05, 0.1) is 0 Å². The van der Waals surface area contributed by atoms with Crippen molar-refractivity contribution >= 4 is 17.9 Å². The summed E-state index contributed by atoms with van der Waals surface area (Å²) in [4.78, 5) is 18.9. The molecule has 0 spiro atoms. The molecule has 0 N–H and O–H groups in total. The average Bonchev–Trinajstić information content (AvgIpc) is 3.35. The lowest BCUT2D eigenvalue weighted by molar-refractivity contribution is 0.0708. The van der Waals surface area contributed by atoms with E-state index in [0.29, 0.717) is 6.04 Å². The van der Waals surface area contributed by atoms with Crippen molar-refractivity contribution in [2.75, 3.05) is 39.3 Å². The van der Waals surface area contributed by atoms with Crippen LogP contribution in [0.1, 0.15) is 62.7 Å². The maximum atomic E-state index is 13.1. The van der Waals surface area contributed by atoms with E-state index in [9.17, 15) is 4.79 Å². The van der Waals surface area contributed by atoms with Crippen molar-refractivity contribution in [3.8, 4) is 0 Å². The monoisotopic (exact) mass is 389 g/mol. The van der Waals surface area contributed by atoms with Gasteiger partial charge in [-0.15, -0.1) is 0 Å². The second-order valence-corrected chi connectivity index (χ2v) is 9.02. The van der Waals surface area contributed by atoms with Gasteiger partial charge in [-0.1, -0.05) is 13.8 Å². The fourth-order valence-electron chi connectivity index (χ4n) is 4.23. The molecule has 1 aromatic rings. The number of hydrogen-bond donors (Lipinski definition) is 0. The Balaban J connectivity index is 1.59. The van der Waals surface area contributed by atoms with Crippen LogP contribution in [0.4, 0.5) is 0 Å². The Morgan fingerprint density at radius 2 is 1.70 bits per heavy atom. The highest BCUT2D eigenvalue weighted by Gasteiger charge is 2.31. The molecule has 0 aromatic heterocycles. The van der Waals surface area contributed by atoms with Gasteiger partial charge < -0.3 is 9.80 Å². The molecule has 2 saturated heterocycles. The number of carbonyl (C=O) groups is 1. The van der Waals surface area contributed by atoms with E-state index >= 15 is 0 Å². The number of benzene rings is 1. The third-order valence-corrected chi connectivity index (χ3v) is 6.69. The zero-order valence-corrected chi connectivity index (χ0v) is 17.8. The Morgan fingerprint density at radius 3 is 2.33 bits per heavy atom. The molecule has 5 heteroatoms. The van der Waals surface area contributed by atoms with E-state index in [-0.39, 0.29) is 5.91 Å². The first-order valence-electron chi connectivity index (χ1n) is 10.8. The van der Waals surface area contributed by atoms with Gasteiger partial charge in [0.15, 0.2) is 0 Å². The van der Waals surface area contributed by atoms with Crippen LogP contribution in [0.2, 0.25) is 0 Å². The minimum absolute atomic E-state index is 0.215. The first-order chi connectivity index (χ1) is 13.2. The minimum atomic E-state index is 0.215. The normalized spacial score (nSPS) is 20.7. The molecule has 1 amide bonds. The molecule has 3 rings (SSSR count). The molecule has 0 radical (unpaired) electrons. The summed E-state index contributed by atoms with van der Waals surface area (Å²) in [7, 11) is 0. The van der Waals surface area contributed by atoms with Crippen LogP contribution in [0.25, 0.3) is 0 Å². The lowest BCUT2D eigenvalue weighted by Crippen LogP contribution is -2.42. The van der Waals surface area contributed by atoms with Gasteiger partial charge in [-0.05, 0) is 87.8 Å². The molecule has 4 nitrogen and oxygen atoms in total. The number of carbonyl (C=O) groups excluding carboxylic acids is 1. The fourth-order valence-corrected chi connectivity index (χ4v) is 5.33. The van der Waals surface area contributed by atoms with Crippen LogP contribution in [0.5, 0.6) is 0 Å². The van der Waals surface area contributed by atoms with E-state index in [2.05, 4.69) is 40.1 Å². The quantitative estimate of drug-likeness (QED) is 0.580. The highest BCUT2D eigenvalue weighted by Crippen LogP contribution is 2.26. The minimum Gasteiger partial charge on any atom is -0.334 e. The smallest absolute Gasteiger partial charge is 0.254 e. The maximum Gasteiger partial charge on any atom is 0.254 e. The third-order valence-electron chi connectivity index (χ3n) is 5.59. The predicted octanol–water partition coefficient (Wildman–Crippen LogP) is 4.52. The summed E-state index contributed by atoms with van der Waals surface area (Å²) in [5.74, 6) is 0.215. The summed E-state index contributed by atoms with van der Waals surface area (Å²) in [5, 5.41) is 0. The molecule has 2 aliphatic rings. The van der Waals surface area contributed by atoms with Gasteiger partial charge in [0.25, 0.3) is 5.91 Å². The zero-order chi connectivity index (χ0) is 19.1. The molecule has 150 valence electrons. The Morgan fingerprint density at radius 1 is 1.04 bits per heavy atom. The number of hydrogen-bond acceptors (Lipinski definition) is 4. The second kappa shape index (κ2) is 10.5. The van der Waals surface area contributed by atoms with Crippen molar-refractivity contribution in [3.05, 3.63) is 29.8 Å². The van der Waals surface area contributed by atoms with Gasteiger partial charge in [0.2, 0.25) is 0 Å². The van der Waals surface area contributed by atoms with E-state index in [1.54, 1.807) is 0 Å². The Kier molecular flexibility index (Phi) is 8.04. The van der Waals surface area contributed by atoms with Gasteiger partial charge in [-0.25, -0.2) is 4.31 Å². The van der Waals surface area contributed by atoms with E-state index in [1.807, 2.05) is 24.1 Å². The molecular weight excluding hydrogens is 354 g/mol. The molecule has 0 saturated carbocycles. The van der Waals surface area contributed by atoms with Crippen LogP contribution < -0.4 is 0 Å². The van der Waals surface area contributed by atoms with Crippen molar-refractivity contribution < 1.29 is 4.79 Å². The molecule has 27 heavy (non-hydrogen) atoms. The number of rotatable bonds is 9. The molecule has 2 fully saturated rings. The van der Waals surface area contributed by atoms with Crippen LogP contribution in [0.15, 0.2) is 29.2 Å². The molecule has 2 aliphatic heterocycles. The summed E-state index contributed by atoms with van der Waals surface area (Å²) in [6, 6.07) is 8.66. The van der Waals surface area contributed by atoms with Crippen LogP contribution in [-0.4, -0.2) is 65.3 Å². The second-order valence-electron chi connectivity index (χ2n) is 7.85. The number of likely N-dealkylation sites (tertiary alicyclic amines) is 2. The predicted molar refractivity (Wildman–Crippen MR) is 114 cm³/mol. The van der Waals surface area contributed by atoms with Crippen LogP contribution in [0.3, 0.4) is 0 Å². The standard InChI is InChI=1S/C22H35N3OS/c1-3-13-24(14-4-2)27-21-11-9-19(10-12-21)22(26)25-17-7-8-20(25)18-23-15-5-6-16-23/h9-12,20H,3-8,13-18H2,1-2H3. The lowest BCUT2D eigenvalue weighted by Gasteiger charge is -2.28. The maximum absolute atomic E-state index is 13.1. The topological polar surface area (TPSA) is 26.8 Å². The van der Waals surface area contributed by atoms with Crippen LogP contribution >= 0.6 is 11.9 Å². The van der Waals surface area contributed by atoms with Gasteiger partial charge in [0.1, 0.15) is 0 Å². The SMILES string of the molecule is CCCN(CCC)Sc1ccc(C(=O)N2CCCC2CN2CCCC2)cc1. The molecule has 1 aromatic carbocycles. The van der Waals surface area contributed by atoms with Crippen molar-refractivity contribution in [2.24, 2.45) is 0 Å². The molecule has 1 atom stereocenters. The van der Waals surface area contributed by atoms with Crippen LogP contribution in [0, 0.1) is 0 Å². The molecule has 2 heterocycles. The van der Waals surface area contributed by atoms with Crippen LogP contribution in [-0.2, 0) is 0 Å². The molecule has 1 unspecified atom stereocenters. The van der Waals surface area contributed by atoms with E-state index < -0.39 is 0 Å². The van der Waals surface area contributed by atoms with Gasteiger partial charge in [0, 0.05) is 42.7 Å². The summed E-state index contributed by atoms with van der Waals surface area (Å²) in [6.07, 6.45) is 7.24. The Labute approximate surface area is 169 Å². The Bertz CT molecular complexity index is 580. The largest absolute Gasteiger partial charge is 0.334 e. The van der Waals surface area contributed by atoms with Crippen molar-refractivity contribution in [3.63, 3.8) is 0 Å². The van der Waals surface area contributed by atoms with E-state index in [1.165, 1.54) is 30.8 Å². The molecular formula is C22H35N3OS. The highest BCUT2D eigenvalue weighted by molar-refractivity contribution is 7.97. The summed E-state index contributed by atoms with van der Waals surface area (Å²) in [5.41, 5.74) is 0.838. The summed E-state index contributed by atoms with van der Waals surface area (Å²) >= 11 is 1.81. The number of amides is 1. The average molecular weight is 390 g/mol. The lowest BCUT2D eigenvalue weighted by atomic mass is 10.1. The third kappa shape index (κ3) is 5.72. The highest BCUT2D eigenvalue weighted by atomic mass is 32.2. The molecule has 0 aliphatic carbocycles. The summed E-state index contributed by atoms with van der Waals surface area (Å²) in [6.45, 7) is 11.0. The van der Waals surface area contributed by atoms with Crippen molar-refractivity contribution in [2.45, 2.75) is 63.3 Å². The zero-order valence-electron chi connectivity index (χ0n) is 17.0. The first kappa shape index (κ1) is 20.7. The van der Waals surface area contributed by atoms with Gasteiger partial charge in [-0.2, -0.15) is 0 Å². The van der Waals surface area contributed by atoms with E-state index in [4.69, 9.17) is 0 Å². The van der Waals surface area contributed by atoms with Crippen molar-refractivity contribution in [1.82, 2.24) is 14.1 Å². The van der Waals surface area contributed by atoms with Gasteiger partial charge >= 0.3 is 0 Å². The van der Waals surface area contributed by atoms with Crippen molar-refractivity contribution in [1.29, 1.82) is 0 Å². The molecule has 0 bridgehead atoms. The summed E-state index contributed by atoms with van der Waals surface area (Å²) < 4.78 is 2.42. The fraction of sp³-hybridized carbons (Fsp3) is 0.682. The van der Waals surface area contributed by atoms with E-state index in [0.717, 1.165) is 57.4 Å². The van der Waals surface area contributed by atoms with Gasteiger partial charge in [-0.3, -0.25) is 4.79 Å². The first-order valence-corrected chi connectivity index (χ1v) is 11.5.